The van der Waals surface area contributed by atoms with E-state index in [1.807, 2.05) is 30.3 Å². The molecule has 3 aromatic carbocycles. The summed E-state index contributed by atoms with van der Waals surface area (Å²) in [7, 11) is 0. The first-order valence-electron chi connectivity index (χ1n) is 10.8. The van der Waals surface area contributed by atoms with Crippen LogP contribution in [0.5, 0.6) is 0 Å². The Labute approximate surface area is 198 Å². The summed E-state index contributed by atoms with van der Waals surface area (Å²) in [5.74, 6) is -0.728. The van der Waals surface area contributed by atoms with Crippen LogP contribution >= 0.6 is 0 Å². The number of para-hydroxylation sites is 1. The number of ketones is 2. The zero-order chi connectivity index (χ0) is 24.1. The summed E-state index contributed by atoms with van der Waals surface area (Å²) in [6.45, 7) is 0. The lowest BCUT2D eigenvalue weighted by Gasteiger charge is -2.18. The van der Waals surface area contributed by atoms with Gasteiger partial charge in [0.1, 0.15) is 5.82 Å². The Morgan fingerprint density at radius 1 is 0.857 bits per heavy atom. The van der Waals surface area contributed by atoms with Gasteiger partial charge < -0.3 is 10.3 Å². The van der Waals surface area contributed by atoms with Gasteiger partial charge in [-0.1, -0.05) is 54.6 Å². The molecular weight excluding hydrogens is 444 g/mol. The van der Waals surface area contributed by atoms with E-state index in [2.05, 4.69) is 10.3 Å². The van der Waals surface area contributed by atoms with E-state index in [0.29, 0.717) is 33.9 Å². The first-order chi connectivity index (χ1) is 17.0. The van der Waals surface area contributed by atoms with E-state index in [-0.39, 0.29) is 5.69 Å². The van der Waals surface area contributed by atoms with Gasteiger partial charge in [-0.3, -0.25) is 19.7 Å². The largest absolute Gasteiger partial charge is 0.353 e. The normalized spacial score (nSPS) is 13.1. The number of nitro groups is 1. The standard InChI is InChI=1S/C27H16N4O4/c32-23-14-22(17-8-1-2-10-19(17)27(23)33)28-24-13-20-18-9-3-4-11-21(18)29-26(20)25(30-24)15-6-5-7-16(12-15)31(34)35/h1-14,29H,(H,28,30). The molecule has 0 fully saturated rings. The molecule has 0 saturated carbocycles. The van der Waals surface area contributed by atoms with Crippen LogP contribution in [-0.2, 0) is 4.79 Å². The van der Waals surface area contributed by atoms with Crippen LogP contribution < -0.4 is 5.32 Å². The first kappa shape index (κ1) is 20.5. The van der Waals surface area contributed by atoms with Gasteiger partial charge in [0, 0.05) is 51.2 Å². The number of aromatic nitrogens is 2. The van der Waals surface area contributed by atoms with Crippen molar-refractivity contribution in [1.82, 2.24) is 9.97 Å². The molecule has 0 amide bonds. The predicted molar refractivity (Wildman–Crippen MR) is 133 cm³/mol. The van der Waals surface area contributed by atoms with Gasteiger partial charge in [0.2, 0.25) is 11.6 Å². The van der Waals surface area contributed by atoms with Crippen molar-refractivity contribution in [3.05, 3.63) is 106 Å². The molecule has 0 atom stereocenters. The summed E-state index contributed by atoms with van der Waals surface area (Å²) < 4.78 is 0. The fourth-order valence-corrected chi connectivity index (χ4v) is 4.45. The number of nitrogens with zero attached hydrogens (tertiary/aromatic N) is 2. The molecule has 168 valence electrons. The van der Waals surface area contributed by atoms with Crippen molar-refractivity contribution in [2.75, 3.05) is 5.32 Å². The maximum absolute atomic E-state index is 12.3. The lowest BCUT2D eigenvalue weighted by molar-refractivity contribution is -0.384. The first-order valence-corrected chi connectivity index (χ1v) is 10.8. The van der Waals surface area contributed by atoms with E-state index in [0.717, 1.165) is 21.8 Å². The van der Waals surface area contributed by atoms with Crippen LogP contribution in [0.1, 0.15) is 15.9 Å². The minimum Gasteiger partial charge on any atom is -0.353 e. The molecule has 0 unspecified atom stereocenters. The molecule has 0 radical (unpaired) electrons. The quantitative estimate of drug-likeness (QED) is 0.207. The van der Waals surface area contributed by atoms with Crippen LogP contribution in [0.15, 0.2) is 84.9 Å². The Hall–Kier alpha value is -5.11. The molecule has 8 heteroatoms. The lowest BCUT2D eigenvalue weighted by Crippen LogP contribution is -2.21. The molecule has 2 aromatic heterocycles. The van der Waals surface area contributed by atoms with Gasteiger partial charge in [0.05, 0.1) is 21.8 Å². The van der Waals surface area contributed by atoms with E-state index < -0.39 is 16.5 Å². The summed E-state index contributed by atoms with van der Waals surface area (Å²) in [4.78, 5) is 43.8. The Balaban J connectivity index is 1.56. The molecular formula is C27H16N4O4. The highest BCUT2D eigenvalue weighted by Gasteiger charge is 2.26. The summed E-state index contributed by atoms with van der Waals surface area (Å²) in [6.07, 6.45) is 1.28. The number of rotatable bonds is 4. The van der Waals surface area contributed by atoms with Crippen molar-refractivity contribution in [2.24, 2.45) is 0 Å². The lowest BCUT2D eigenvalue weighted by atomic mass is 9.93. The molecule has 0 aliphatic heterocycles. The van der Waals surface area contributed by atoms with Crippen LogP contribution in [0.4, 0.5) is 11.5 Å². The molecule has 6 rings (SSSR count). The second kappa shape index (κ2) is 7.74. The maximum Gasteiger partial charge on any atom is 0.270 e. The number of hydrogen-bond donors (Lipinski definition) is 2. The summed E-state index contributed by atoms with van der Waals surface area (Å²) in [5, 5.41) is 16.4. The van der Waals surface area contributed by atoms with Gasteiger partial charge in [-0.15, -0.1) is 0 Å². The van der Waals surface area contributed by atoms with Gasteiger partial charge in [-0.2, -0.15) is 0 Å². The number of carbonyl (C=O) groups excluding carboxylic acids is 2. The van der Waals surface area contributed by atoms with Gasteiger partial charge in [0.25, 0.3) is 5.69 Å². The summed E-state index contributed by atoms with van der Waals surface area (Å²) in [6, 6.07) is 22.8. The van der Waals surface area contributed by atoms with Crippen molar-refractivity contribution >= 4 is 50.6 Å². The molecule has 5 aromatic rings. The molecule has 8 nitrogen and oxygen atoms in total. The van der Waals surface area contributed by atoms with Crippen molar-refractivity contribution in [2.45, 2.75) is 0 Å². The number of carbonyl (C=O) groups is 2. The van der Waals surface area contributed by atoms with E-state index >= 15 is 0 Å². The second-order valence-corrected chi connectivity index (χ2v) is 8.18. The number of pyridine rings is 1. The minimum absolute atomic E-state index is 0.0417. The monoisotopic (exact) mass is 460 g/mol. The second-order valence-electron chi connectivity index (χ2n) is 8.18. The number of aromatic amines is 1. The average molecular weight is 460 g/mol. The topological polar surface area (TPSA) is 118 Å². The van der Waals surface area contributed by atoms with Gasteiger partial charge in [-0.25, -0.2) is 4.98 Å². The number of fused-ring (bicyclic) bond motifs is 4. The summed E-state index contributed by atoms with van der Waals surface area (Å²) in [5.41, 5.74) is 4.09. The number of nitrogens with one attached hydrogen (secondary N) is 2. The van der Waals surface area contributed by atoms with Crippen molar-refractivity contribution in [3.8, 4) is 11.3 Å². The van der Waals surface area contributed by atoms with Gasteiger partial charge >= 0.3 is 0 Å². The number of anilines is 1. The van der Waals surface area contributed by atoms with Gasteiger partial charge in [0.15, 0.2) is 0 Å². The van der Waals surface area contributed by atoms with Gasteiger partial charge in [-0.05, 0) is 12.1 Å². The number of non-ortho nitro benzene ring substituents is 1. The van der Waals surface area contributed by atoms with Crippen molar-refractivity contribution < 1.29 is 14.5 Å². The Kier molecular flexibility index (Phi) is 4.53. The number of Topliss-reactive ketones (excluding diaryl/α,β-unsaturated/α-hetero) is 1. The van der Waals surface area contributed by atoms with Crippen molar-refractivity contribution in [1.29, 1.82) is 0 Å². The third-order valence-electron chi connectivity index (χ3n) is 6.05. The van der Waals surface area contributed by atoms with E-state index in [4.69, 9.17) is 4.98 Å². The minimum atomic E-state index is -0.613. The summed E-state index contributed by atoms with van der Waals surface area (Å²) >= 11 is 0. The Morgan fingerprint density at radius 2 is 1.63 bits per heavy atom. The maximum atomic E-state index is 12.3. The molecule has 2 N–H and O–H groups in total. The van der Waals surface area contributed by atoms with Crippen LogP contribution in [0.25, 0.3) is 38.8 Å². The van der Waals surface area contributed by atoms with E-state index in [9.17, 15) is 19.7 Å². The Morgan fingerprint density at radius 3 is 2.46 bits per heavy atom. The Bertz CT molecular complexity index is 1750. The number of benzene rings is 3. The fourth-order valence-electron chi connectivity index (χ4n) is 4.45. The fraction of sp³-hybridized carbons (Fsp3) is 0. The average Bonchev–Trinajstić information content (AvgIpc) is 3.25. The third kappa shape index (κ3) is 3.36. The SMILES string of the molecule is O=C1C=C(Nc2cc3c([nH]c4ccccc43)c(-c3cccc([N+](=O)[O-])c3)n2)c2ccccc2C1=O. The molecule has 35 heavy (non-hydrogen) atoms. The predicted octanol–water partition coefficient (Wildman–Crippen LogP) is 5.51. The van der Waals surface area contributed by atoms with E-state index in [1.165, 1.54) is 18.2 Å². The number of hydrogen-bond acceptors (Lipinski definition) is 6. The van der Waals surface area contributed by atoms with Crippen LogP contribution in [0.2, 0.25) is 0 Å². The number of nitro benzene ring substituents is 1. The van der Waals surface area contributed by atoms with Crippen molar-refractivity contribution in [3.63, 3.8) is 0 Å². The van der Waals surface area contributed by atoms with Crippen LogP contribution in [0, 0.1) is 10.1 Å². The van der Waals surface area contributed by atoms with E-state index in [1.54, 1.807) is 36.4 Å². The molecule has 2 heterocycles. The molecule has 0 saturated heterocycles. The van der Waals surface area contributed by atoms with Crippen LogP contribution in [-0.4, -0.2) is 26.5 Å². The van der Waals surface area contributed by atoms with Crippen LogP contribution in [0.3, 0.4) is 0 Å². The molecule has 1 aliphatic rings. The number of H-pyrrole nitrogens is 1. The number of allylic oxidation sites excluding steroid dienone is 1. The zero-order valence-corrected chi connectivity index (χ0v) is 18.1. The highest BCUT2D eigenvalue weighted by atomic mass is 16.6. The molecule has 0 bridgehead atoms. The smallest absolute Gasteiger partial charge is 0.270 e. The molecule has 1 aliphatic carbocycles. The molecule has 0 spiro atoms. The zero-order valence-electron chi connectivity index (χ0n) is 18.1. The highest BCUT2D eigenvalue weighted by molar-refractivity contribution is 6.50. The highest BCUT2D eigenvalue weighted by Crippen LogP contribution is 2.36. The third-order valence-corrected chi connectivity index (χ3v) is 6.05.